The number of thiophene rings is 1. The Morgan fingerprint density at radius 3 is 2.67 bits per heavy atom. The van der Waals surface area contributed by atoms with Crippen LogP contribution in [0.3, 0.4) is 0 Å². The van der Waals surface area contributed by atoms with Crippen molar-refractivity contribution in [1.29, 1.82) is 0 Å². The molecule has 130 valence electrons. The molecule has 7 heteroatoms. The molecule has 24 heavy (non-hydrogen) atoms. The lowest BCUT2D eigenvalue weighted by Crippen LogP contribution is -2.42. The van der Waals surface area contributed by atoms with E-state index in [1.54, 1.807) is 19.1 Å². The van der Waals surface area contributed by atoms with Gasteiger partial charge in [-0.05, 0) is 60.9 Å². The van der Waals surface area contributed by atoms with Gasteiger partial charge in [0.2, 0.25) is 10.0 Å². The molecule has 1 aliphatic carbocycles. The summed E-state index contributed by atoms with van der Waals surface area (Å²) in [6.45, 7) is 1.70. The van der Waals surface area contributed by atoms with Gasteiger partial charge in [0.05, 0.1) is 12.0 Å². The van der Waals surface area contributed by atoms with Crippen LogP contribution in [0.2, 0.25) is 0 Å². The summed E-state index contributed by atoms with van der Waals surface area (Å²) in [5.41, 5.74) is -0.533. The lowest BCUT2D eigenvalue weighted by Gasteiger charge is -2.27. The number of aliphatic hydroxyl groups is 1. The van der Waals surface area contributed by atoms with E-state index in [0.29, 0.717) is 11.3 Å². The number of aryl methyl sites for hydroxylation is 1. The number of sulfonamides is 1. The molecular weight excluding hydrogens is 346 g/mol. The van der Waals surface area contributed by atoms with Crippen LogP contribution in [-0.4, -0.2) is 27.2 Å². The molecule has 5 nitrogen and oxygen atoms in total. The molecule has 0 radical (unpaired) electrons. The quantitative estimate of drug-likeness (QED) is 0.789. The Morgan fingerprint density at radius 1 is 1.38 bits per heavy atom. The molecular formula is C17H21NO4S2. The molecule has 1 aromatic carbocycles. The lowest BCUT2D eigenvalue weighted by molar-refractivity contribution is 0.0222. The van der Waals surface area contributed by atoms with E-state index in [1.165, 1.54) is 24.5 Å². The average Bonchev–Trinajstić information content (AvgIpc) is 3.27. The maximum atomic E-state index is 12.7. The second kappa shape index (κ2) is 6.48. The summed E-state index contributed by atoms with van der Waals surface area (Å²) < 4.78 is 33.0. The average molecular weight is 367 g/mol. The van der Waals surface area contributed by atoms with Gasteiger partial charge >= 0.3 is 0 Å². The highest BCUT2D eigenvalue weighted by molar-refractivity contribution is 7.89. The summed E-state index contributed by atoms with van der Waals surface area (Å²) in [4.78, 5) is 1.01. The van der Waals surface area contributed by atoms with Crippen LogP contribution in [0.4, 0.5) is 0 Å². The highest BCUT2D eigenvalue weighted by Gasteiger charge is 2.46. The first-order chi connectivity index (χ1) is 11.4. The van der Waals surface area contributed by atoms with Gasteiger partial charge in [-0.15, -0.1) is 11.3 Å². The summed E-state index contributed by atoms with van der Waals surface area (Å²) in [6, 6.07) is 8.55. The standard InChI is InChI=1S/C17H21NO4S2/c1-12-10-14(22-2)7-8-15(12)24(20,21)18-11-17(19,13-5-6-13)16-4-3-9-23-16/h3-4,7-10,13,18-19H,5-6,11H2,1-2H3/t17-/m0/s1. The number of benzene rings is 1. The third kappa shape index (κ3) is 3.35. The zero-order valence-electron chi connectivity index (χ0n) is 13.7. The van der Waals surface area contributed by atoms with E-state index in [9.17, 15) is 13.5 Å². The van der Waals surface area contributed by atoms with Gasteiger partial charge in [0.25, 0.3) is 0 Å². The molecule has 0 spiro atoms. The Morgan fingerprint density at radius 2 is 2.12 bits per heavy atom. The van der Waals surface area contributed by atoms with Crippen LogP contribution in [-0.2, 0) is 15.6 Å². The maximum Gasteiger partial charge on any atom is 0.240 e. The summed E-state index contributed by atoms with van der Waals surface area (Å²) in [5, 5.41) is 12.9. The third-order valence-corrected chi connectivity index (χ3v) is 7.00. The Hall–Kier alpha value is -1.41. The third-order valence-electron chi connectivity index (χ3n) is 4.40. The molecule has 1 aromatic heterocycles. The molecule has 0 aliphatic heterocycles. The van der Waals surface area contributed by atoms with Gasteiger partial charge < -0.3 is 9.84 Å². The number of methoxy groups -OCH3 is 1. The van der Waals surface area contributed by atoms with Crippen LogP contribution in [0.1, 0.15) is 23.3 Å². The van der Waals surface area contributed by atoms with Crippen molar-refractivity contribution in [3.05, 3.63) is 46.2 Å². The smallest absolute Gasteiger partial charge is 0.240 e. The van der Waals surface area contributed by atoms with Gasteiger partial charge in [-0.2, -0.15) is 0 Å². The van der Waals surface area contributed by atoms with Crippen molar-refractivity contribution in [3.63, 3.8) is 0 Å². The Bertz CT molecular complexity index is 813. The minimum Gasteiger partial charge on any atom is -0.497 e. The number of hydrogen-bond donors (Lipinski definition) is 2. The van der Waals surface area contributed by atoms with Crippen LogP contribution in [0, 0.1) is 12.8 Å². The fourth-order valence-corrected chi connectivity index (χ4v) is 5.05. The van der Waals surface area contributed by atoms with Crippen molar-refractivity contribution in [1.82, 2.24) is 4.72 Å². The molecule has 1 fully saturated rings. The van der Waals surface area contributed by atoms with Crippen molar-refractivity contribution in [3.8, 4) is 5.75 Å². The molecule has 0 saturated heterocycles. The highest BCUT2D eigenvalue weighted by Crippen LogP contribution is 2.46. The van der Waals surface area contributed by atoms with Crippen LogP contribution in [0.15, 0.2) is 40.6 Å². The van der Waals surface area contributed by atoms with E-state index < -0.39 is 15.6 Å². The monoisotopic (exact) mass is 367 g/mol. The molecule has 0 bridgehead atoms. The summed E-state index contributed by atoms with van der Waals surface area (Å²) in [7, 11) is -2.17. The first-order valence-corrected chi connectivity index (χ1v) is 10.1. The minimum atomic E-state index is -3.71. The molecule has 2 aromatic rings. The largest absolute Gasteiger partial charge is 0.497 e. The van der Waals surface area contributed by atoms with Crippen molar-refractivity contribution < 1.29 is 18.3 Å². The maximum absolute atomic E-state index is 12.7. The van der Waals surface area contributed by atoms with Crippen LogP contribution >= 0.6 is 11.3 Å². The minimum absolute atomic E-state index is 0.0218. The van der Waals surface area contributed by atoms with Gasteiger partial charge in [-0.1, -0.05) is 6.07 Å². The first kappa shape index (κ1) is 17.4. The summed E-state index contributed by atoms with van der Waals surface area (Å²) in [6.07, 6.45) is 1.83. The summed E-state index contributed by atoms with van der Waals surface area (Å²) in [5.74, 6) is 0.718. The van der Waals surface area contributed by atoms with Crippen LogP contribution < -0.4 is 9.46 Å². The van der Waals surface area contributed by atoms with Crippen molar-refractivity contribution in [2.45, 2.75) is 30.3 Å². The van der Waals surface area contributed by atoms with Crippen LogP contribution in [0.5, 0.6) is 5.75 Å². The van der Waals surface area contributed by atoms with Gasteiger partial charge in [0.1, 0.15) is 11.4 Å². The SMILES string of the molecule is COc1ccc(S(=O)(=O)NC[C@@](O)(c2cccs2)C2CC2)c(C)c1. The second-order valence-corrected chi connectivity index (χ2v) is 8.81. The number of rotatable bonds is 7. The van der Waals surface area contributed by atoms with Gasteiger partial charge in [-0.3, -0.25) is 0 Å². The van der Waals surface area contributed by atoms with Gasteiger partial charge in [-0.25, -0.2) is 13.1 Å². The van der Waals surface area contributed by atoms with Gasteiger partial charge in [0.15, 0.2) is 0 Å². The molecule has 2 N–H and O–H groups in total. The summed E-state index contributed by atoms with van der Waals surface area (Å²) >= 11 is 1.45. The highest BCUT2D eigenvalue weighted by atomic mass is 32.2. The van der Waals surface area contributed by atoms with E-state index in [-0.39, 0.29) is 17.4 Å². The molecule has 1 saturated carbocycles. The fourth-order valence-electron chi connectivity index (χ4n) is 2.85. The Balaban J connectivity index is 1.82. The molecule has 0 amide bonds. The van der Waals surface area contributed by atoms with E-state index in [1.807, 2.05) is 17.5 Å². The topological polar surface area (TPSA) is 75.6 Å². The molecule has 1 aliphatic rings. The fraction of sp³-hybridized carbons (Fsp3) is 0.412. The Labute approximate surface area is 146 Å². The normalized spacial score (nSPS) is 17.5. The zero-order chi connectivity index (χ0) is 17.4. The number of ether oxygens (including phenoxy) is 1. The molecule has 3 rings (SSSR count). The lowest BCUT2D eigenvalue weighted by atomic mass is 9.96. The van der Waals surface area contributed by atoms with Gasteiger partial charge in [0, 0.05) is 11.4 Å². The van der Waals surface area contributed by atoms with Crippen LogP contribution in [0.25, 0.3) is 0 Å². The molecule has 1 atom stereocenters. The van der Waals surface area contributed by atoms with E-state index in [2.05, 4.69) is 4.72 Å². The number of hydrogen-bond acceptors (Lipinski definition) is 5. The van der Waals surface area contributed by atoms with Crippen molar-refractivity contribution >= 4 is 21.4 Å². The van der Waals surface area contributed by atoms with E-state index in [4.69, 9.17) is 4.74 Å². The van der Waals surface area contributed by atoms with E-state index >= 15 is 0 Å². The predicted molar refractivity (Wildman–Crippen MR) is 93.9 cm³/mol. The Kier molecular flexibility index (Phi) is 4.70. The second-order valence-electron chi connectivity index (χ2n) is 6.13. The van der Waals surface area contributed by atoms with Crippen molar-refractivity contribution in [2.24, 2.45) is 5.92 Å². The van der Waals surface area contributed by atoms with Crippen molar-refractivity contribution in [2.75, 3.05) is 13.7 Å². The molecule has 1 heterocycles. The molecule has 0 unspecified atom stereocenters. The zero-order valence-corrected chi connectivity index (χ0v) is 15.3. The number of nitrogens with one attached hydrogen (secondary N) is 1. The predicted octanol–water partition coefficient (Wildman–Crippen LogP) is 2.64. The van der Waals surface area contributed by atoms with E-state index in [0.717, 1.165) is 17.7 Å². The first-order valence-electron chi connectivity index (χ1n) is 7.77.